The fraction of sp³-hybridized carbons (Fsp3) is 0. The van der Waals surface area contributed by atoms with E-state index in [2.05, 4.69) is 22.1 Å². The molecule has 32 heavy (non-hydrogen) atoms. The zero-order valence-electron chi connectivity index (χ0n) is 16.2. The van der Waals surface area contributed by atoms with Gasteiger partial charge in [0, 0.05) is 45.1 Å². The van der Waals surface area contributed by atoms with Crippen molar-refractivity contribution < 1.29 is 100 Å². The van der Waals surface area contributed by atoms with Crippen LogP contribution in [-0.4, -0.2) is 40.5 Å². The van der Waals surface area contributed by atoms with Gasteiger partial charge in [-0.2, -0.15) is 0 Å². The van der Waals surface area contributed by atoms with Crippen LogP contribution in [0.1, 0.15) is 11.1 Å². The first-order valence-corrected chi connectivity index (χ1v) is 8.55. The Hall–Kier alpha value is -1.98. The number of hydrogen-bond acceptors (Lipinski definition) is 8. The van der Waals surface area contributed by atoms with Gasteiger partial charge < -0.3 is 56.5 Å². The van der Waals surface area contributed by atoms with Crippen LogP contribution in [0, 0.1) is 0 Å². The van der Waals surface area contributed by atoms with Crippen LogP contribution < -0.4 is 9.97 Å². The van der Waals surface area contributed by atoms with Crippen molar-refractivity contribution in [2.24, 2.45) is 0 Å². The molecule has 22 N–H and O–H groups in total. The van der Waals surface area contributed by atoms with Crippen molar-refractivity contribution in [1.29, 1.82) is 0 Å². The number of rotatable bonds is 2. The molecule has 0 aliphatic heterocycles. The second-order valence-electron chi connectivity index (χ2n) is 3.82. The van der Waals surface area contributed by atoms with Gasteiger partial charge in [0.05, 0.1) is 0 Å². The van der Waals surface area contributed by atoms with E-state index in [-0.39, 0.29) is 55.4 Å². The van der Waals surface area contributed by atoms with E-state index >= 15 is 0 Å². The Morgan fingerprint density at radius 2 is 0.719 bits per heavy atom. The molecule has 2 aromatic heterocycles. The topological polar surface area (TPSA) is 418 Å². The van der Waals surface area contributed by atoms with Crippen molar-refractivity contribution in [3.05, 3.63) is 60.2 Å². The van der Waals surface area contributed by atoms with Crippen LogP contribution in [0.4, 0.5) is 0 Å². The minimum Gasteiger partial charge on any atom is -0.759 e. The Morgan fingerprint density at radius 1 is 0.562 bits per heavy atom. The molecule has 0 aromatic carbocycles. The summed E-state index contributed by atoms with van der Waals surface area (Å²) >= 11 is 0. The quantitative estimate of drug-likeness (QED) is 0.145. The average Bonchev–Trinajstić information content (AvgIpc) is 2.44. The summed E-state index contributed by atoms with van der Waals surface area (Å²) in [6, 6.07) is 8.13. The van der Waals surface area contributed by atoms with Gasteiger partial charge in [-0.05, 0) is 11.1 Å². The van der Waals surface area contributed by atoms with Gasteiger partial charge in [0.1, 0.15) is 0 Å². The van der Waals surface area contributed by atoms with Crippen molar-refractivity contribution in [3.8, 4) is 0 Å². The van der Waals surface area contributed by atoms with E-state index < -0.39 is 20.8 Å². The molecule has 20 heteroatoms. The molecule has 0 spiro atoms. The maximum atomic E-state index is 8.52. The van der Waals surface area contributed by atoms with E-state index in [1.165, 1.54) is 11.1 Å². The molecule has 0 saturated heterocycles. The Kier molecular flexibility index (Phi) is 51.9. The van der Waals surface area contributed by atoms with E-state index in [9.17, 15) is 0 Å². The Labute approximate surface area is 193 Å². The molecule has 2 aromatic rings. The third-order valence-corrected chi connectivity index (χ3v) is 1.96. The normalized spacial score (nSPS) is 8.25. The summed E-state index contributed by atoms with van der Waals surface area (Å²) in [5, 5.41) is 0. The van der Waals surface area contributed by atoms with Crippen LogP contribution in [0.3, 0.4) is 0 Å². The summed E-state index contributed by atoms with van der Waals surface area (Å²) in [5.74, 6) is 0. The molecule has 0 bridgehead atoms. The molecule has 0 aliphatic rings. The van der Waals surface area contributed by atoms with Gasteiger partial charge in [0.15, 0.2) is 24.8 Å². The minimum absolute atomic E-state index is 0. The van der Waals surface area contributed by atoms with Gasteiger partial charge in [0.25, 0.3) is 0 Å². The number of hydrogen-bond donors (Lipinski definition) is 0. The summed E-state index contributed by atoms with van der Waals surface area (Å²) in [6.07, 6.45) is 11.8. The molecule has 0 saturated carbocycles. The molecule has 0 atom stereocenters. The SMILES string of the molecule is C(=C\c1cc[nH+]cc1)/c1cc[nH+]cc1.O.O=S(=O)([O-])[O-].O=S(=O)([O-])[O-].[Fe+2].[OH3+].[OH3+].[OH3+].[OH3+].[OH3+].[OH3+]. The summed E-state index contributed by atoms with van der Waals surface area (Å²) in [7, 11) is -10.3. The third-order valence-electron chi connectivity index (χ3n) is 1.96. The van der Waals surface area contributed by atoms with Crippen molar-refractivity contribution in [2.45, 2.75) is 0 Å². The monoisotopic (exact) mass is 564 g/mol. The minimum atomic E-state index is -5.17. The molecule has 17 nitrogen and oxygen atoms in total. The molecular weight excluding hydrogens is 532 g/mol. The van der Waals surface area contributed by atoms with Crippen LogP contribution >= 0.6 is 0 Å². The molecule has 0 radical (unpaired) electrons. The Balaban J connectivity index is -0.0000000371. The second-order valence-corrected chi connectivity index (χ2v) is 5.45. The van der Waals surface area contributed by atoms with Gasteiger partial charge in [-0.1, -0.05) is 12.2 Å². The predicted octanol–water partition coefficient (Wildman–Crippen LogP) is -7.55. The van der Waals surface area contributed by atoms with E-state index in [0.717, 1.165) is 0 Å². The molecule has 0 aliphatic carbocycles. The third kappa shape index (κ3) is 56.5. The van der Waals surface area contributed by atoms with Crippen molar-refractivity contribution in [1.82, 2.24) is 0 Å². The second kappa shape index (κ2) is 29.0. The zero-order valence-corrected chi connectivity index (χ0v) is 18.9. The summed E-state index contributed by atoms with van der Waals surface area (Å²) < 4.78 is 68.2. The number of H-pyrrole nitrogens is 2. The number of aromatic nitrogens is 2. The Morgan fingerprint density at radius 3 is 0.875 bits per heavy atom. The van der Waals surface area contributed by atoms with Crippen molar-refractivity contribution in [3.63, 3.8) is 0 Å². The maximum absolute atomic E-state index is 8.52. The first-order valence-electron chi connectivity index (χ1n) is 5.89. The summed E-state index contributed by atoms with van der Waals surface area (Å²) in [5.41, 5.74) is 2.38. The van der Waals surface area contributed by atoms with Crippen LogP contribution in [0.2, 0.25) is 0 Å². The zero-order chi connectivity index (χ0) is 18.6. The van der Waals surface area contributed by atoms with Crippen molar-refractivity contribution in [2.75, 3.05) is 0 Å². The fourth-order valence-corrected chi connectivity index (χ4v) is 1.21. The molecule has 0 fully saturated rings. The summed E-state index contributed by atoms with van der Waals surface area (Å²) in [4.78, 5) is 5.98. The average molecular weight is 564 g/mol. The van der Waals surface area contributed by atoms with Crippen LogP contribution in [0.25, 0.3) is 12.2 Å². The smallest absolute Gasteiger partial charge is 0.759 e. The van der Waals surface area contributed by atoms with Crippen LogP contribution in [0.15, 0.2) is 49.1 Å². The fourth-order valence-electron chi connectivity index (χ4n) is 1.21. The van der Waals surface area contributed by atoms with Gasteiger partial charge >= 0.3 is 17.1 Å². The number of aromatic amines is 2. The van der Waals surface area contributed by atoms with Crippen LogP contribution in [0.5, 0.6) is 0 Å². The van der Waals surface area contributed by atoms with Crippen LogP contribution in [-0.2, 0) is 70.7 Å². The van der Waals surface area contributed by atoms with Crippen molar-refractivity contribution >= 4 is 33.0 Å². The largest absolute Gasteiger partial charge is 2.00 e. The molecule has 2 heterocycles. The van der Waals surface area contributed by atoms with Gasteiger partial charge in [0.2, 0.25) is 0 Å². The number of nitrogens with one attached hydrogen (secondary N) is 2. The van der Waals surface area contributed by atoms with Gasteiger partial charge in [-0.15, -0.1) is 0 Å². The molecular formula is C12H32FeN2O15S2+6. The van der Waals surface area contributed by atoms with E-state index in [1.807, 2.05) is 49.1 Å². The summed E-state index contributed by atoms with van der Waals surface area (Å²) in [6.45, 7) is 0. The Bertz CT molecular complexity index is 750. The predicted molar refractivity (Wildman–Crippen MR) is 109 cm³/mol. The molecule has 194 valence electrons. The number of pyridine rings is 2. The van der Waals surface area contributed by atoms with Gasteiger partial charge in [-0.3, -0.25) is 16.8 Å². The van der Waals surface area contributed by atoms with E-state index in [1.54, 1.807) is 0 Å². The maximum Gasteiger partial charge on any atom is 2.00 e. The molecule has 0 amide bonds. The van der Waals surface area contributed by atoms with E-state index in [0.29, 0.717) is 0 Å². The molecule has 2 rings (SSSR count). The standard InChI is InChI=1S/C12H10N2.Fe.2H2O4S.7H2O/c1(11-3-7-13-8-4-11)2-12-5-9-14-10-6-12;;2*1-5(2,3)4;;;;;;;/h1-10H;;2*(H2,1,2,3,4);7*1H2/q;+2;;;;;;;;;/p+4/b2-1+;;;;;;;;;;. The van der Waals surface area contributed by atoms with Gasteiger partial charge in [-0.25, -0.2) is 9.97 Å². The first kappa shape index (κ1) is 57.2. The first-order chi connectivity index (χ1) is 10.9. The molecule has 0 unspecified atom stereocenters. The van der Waals surface area contributed by atoms with E-state index in [4.69, 9.17) is 35.0 Å².